The van der Waals surface area contributed by atoms with Crippen molar-refractivity contribution >= 4 is 23.6 Å². The van der Waals surface area contributed by atoms with E-state index in [0.29, 0.717) is 17.9 Å². The van der Waals surface area contributed by atoms with Gasteiger partial charge in [0.25, 0.3) is 5.91 Å². The van der Waals surface area contributed by atoms with E-state index in [1.165, 1.54) is 11.8 Å². The first-order valence-electron chi connectivity index (χ1n) is 8.27. The van der Waals surface area contributed by atoms with Crippen molar-refractivity contribution in [1.82, 2.24) is 15.6 Å². The van der Waals surface area contributed by atoms with E-state index in [-0.39, 0.29) is 17.9 Å². The number of pyridine rings is 1. The van der Waals surface area contributed by atoms with E-state index in [9.17, 15) is 9.59 Å². The molecule has 0 saturated carbocycles. The maximum absolute atomic E-state index is 12.2. The van der Waals surface area contributed by atoms with Crippen LogP contribution in [0.15, 0.2) is 53.7 Å². The van der Waals surface area contributed by atoms with Crippen molar-refractivity contribution in [2.75, 3.05) is 5.75 Å². The fourth-order valence-electron chi connectivity index (χ4n) is 2.07. The zero-order chi connectivity index (χ0) is 18.1. The van der Waals surface area contributed by atoms with Crippen molar-refractivity contribution in [1.29, 1.82) is 0 Å². The van der Waals surface area contributed by atoms with Crippen molar-refractivity contribution in [2.45, 2.75) is 37.8 Å². The number of aromatic nitrogens is 1. The lowest BCUT2D eigenvalue weighted by atomic mass is 10.1. The van der Waals surface area contributed by atoms with E-state index in [0.717, 1.165) is 16.9 Å². The molecule has 0 saturated heterocycles. The summed E-state index contributed by atoms with van der Waals surface area (Å²) in [5.74, 6) is 0.213. The quantitative estimate of drug-likeness (QED) is 0.713. The maximum atomic E-state index is 12.2. The molecule has 0 radical (unpaired) electrons. The van der Waals surface area contributed by atoms with Gasteiger partial charge in [-0.2, -0.15) is 0 Å². The van der Waals surface area contributed by atoms with Crippen LogP contribution in [0.3, 0.4) is 0 Å². The third-order valence-electron chi connectivity index (χ3n) is 3.69. The van der Waals surface area contributed by atoms with E-state index in [4.69, 9.17) is 0 Å². The molecule has 1 aromatic heterocycles. The van der Waals surface area contributed by atoms with Gasteiger partial charge in [0.1, 0.15) is 0 Å². The Kier molecular flexibility index (Phi) is 7.47. The molecule has 25 heavy (non-hydrogen) atoms. The molecular formula is C19H23N3O2S. The number of rotatable bonds is 8. The highest BCUT2D eigenvalue weighted by Gasteiger charge is 2.09. The highest BCUT2D eigenvalue weighted by Crippen LogP contribution is 2.15. The van der Waals surface area contributed by atoms with Crippen LogP contribution in [0.25, 0.3) is 0 Å². The number of nitrogens with one attached hydrogen (secondary N) is 2. The number of carbonyl (C=O) groups is 2. The minimum Gasteiger partial charge on any atom is -0.351 e. The molecule has 5 nitrogen and oxygen atoms in total. The molecule has 1 aromatic carbocycles. The smallest absolute Gasteiger partial charge is 0.251 e. The standard InChI is InChI=1S/C19H23N3O2S/c1-3-14(2)22-19(24)16-6-4-5-15(11-16)12-21-18(23)13-25-17-7-9-20-10-8-17/h4-11,14H,3,12-13H2,1-2H3,(H,21,23)(H,22,24). The summed E-state index contributed by atoms with van der Waals surface area (Å²) in [7, 11) is 0. The Hall–Kier alpha value is -2.34. The normalized spacial score (nSPS) is 11.6. The van der Waals surface area contributed by atoms with Crippen LogP contribution in [-0.2, 0) is 11.3 Å². The predicted octanol–water partition coefficient (Wildman–Crippen LogP) is 3.02. The molecule has 1 heterocycles. The highest BCUT2D eigenvalue weighted by molar-refractivity contribution is 8.00. The van der Waals surface area contributed by atoms with E-state index in [2.05, 4.69) is 15.6 Å². The molecule has 2 aromatic rings. The third kappa shape index (κ3) is 6.58. The Morgan fingerprint density at radius 1 is 1.20 bits per heavy atom. The van der Waals surface area contributed by atoms with Gasteiger partial charge in [0.05, 0.1) is 5.75 Å². The molecule has 2 rings (SSSR count). The van der Waals surface area contributed by atoms with Crippen LogP contribution in [0.1, 0.15) is 36.2 Å². The van der Waals surface area contributed by atoms with Gasteiger partial charge >= 0.3 is 0 Å². The first kappa shape index (κ1) is 19.0. The number of benzene rings is 1. The Labute approximate surface area is 152 Å². The molecule has 0 aliphatic rings. The Bertz CT molecular complexity index is 707. The molecule has 0 spiro atoms. The minimum absolute atomic E-state index is 0.0451. The molecule has 6 heteroatoms. The average Bonchev–Trinajstić information content (AvgIpc) is 2.65. The van der Waals surface area contributed by atoms with Crippen molar-refractivity contribution in [3.05, 3.63) is 59.9 Å². The molecule has 0 bridgehead atoms. The average molecular weight is 357 g/mol. The van der Waals surface area contributed by atoms with E-state index in [1.54, 1.807) is 18.5 Å². The van der Waals surface area contributed by atoms with E-state index in [1.807, 2.05) is 44.2 Å². The summed E-state index contributed by atoms with van der Waals surface area (Å²) in [6.07, 6.45) is 4.29. The van der Waals surface area contributed by atoms with Gasteiger partial charge in [-0.1, -0.05) is 19.1 Å². The Morgan fingerprint density at radius 3 is 2.68 bits per heavy atom. The van der Waals surface area contributed by atoms with Gasteiger partial charge in [-0.3, -0.25) is 14.6 Å². The number of hydrogen-bond donors (Lipinski definition) is 2. The van der Waals surface area contributed by atoms with Crippen LogP contribution in [0.5, 0.6) is 0 Å². The molecular weight excluding hydrogens is 334 g/mol. The van der Waals surface area contributed by atoms with Crippen LogP contribution in [0.2, 0.25) is 0 Å². The number of carbonyl (C=O) groups excluding carboxylic acids is 2. The van der Waals surface area contributed by atoms with Crippen molar-refractivity contribution in [2.24, 2.45) is 0 Å². The summed E-state index contributed by atoms with van der Waals surface area (Å²) in [6, 6.07) is 11.2. The molecule has 0 aliphatic carbocycles. The fourth-order valence-corrected chi connectivity index (χ4v) is 2.78. The van der Waals surface area contributed by atoms with Crippen LogP contribution in [-0.4, -0.2) is 28.6 Å². The fraction of sp³-hybridized carbons (Fsp3) is 0.316. The lowest BCUT2D eigenvalue weighted by Crippen LogP contribution is -2.32. The van der Waals surface area contributed by atoms with Crippen molar-refractivity contribution in [3.8, 4) is 0 Å². The zero-order valence-electron chi connectivity index (χ0n) is 14.5. The Balaban J connectivity index is 1.83. The van der Waals surface area contributed by atoms with Crippen LogP contribution >= 0.6 is 11.8 Å². The second kappa shape index (κ2) is 9.84. The van der Waals surface area contributed by atoms with Gasteiger partial charge in [0.2, 0.25) is 5.91 Å². The van der Waals surface area contributed by atoms with Crippen LogP contribution in [0, 0.1) is 0 Å². The summed E-state index contributed by atoms with van der Waals surface area (Å²) in [5.41, 5.74) is 1.51. The summed E-state index contributed by atoms with van der Waals surface area (Å²) in [6.45, 7) is 4.41. The molecule has 0 fully saturated rings. The van der Waals surface area contributed by atoms with E-state index >= 15 is 0 Å². The van der Waals surface area contributed by atoms with Crippen molar-refractivity contribution in [3.63, 3.8) is 0 Å². The van der Waals surface area contributed by atoms with Crippen molar-refractivity contribution < 1.29 is 9.59 Å². The lowest BCUT2D eigenvalue weighted by molar-refractivity contribution is -0.118. The molecule has 1 atom stereocenters. The summed E-state index contributed by atoms with van der Waals surface area (Å²) in [4.78, 5) is 29.1. The first-order valence-corrected chi connectivity index (χ1v) is 9.26. The largest absolute Gasteiger partial charge is 0.351 e. The monoisotopic (exact) mass is 357 g/mol. The SMILES string of the molecule is CCC(C)NC(=O)c1cccc(CNC(=O)CSc2ccncc2)c1. The van der Waals surface area contributed by atoms with Crippen LogP contribution < -0.4 is 10.6 Å². The summed E-state index contributed by atoms with van der Waals surface area (Å²) < 4.78 is 0. The number of thioether (sulfide) groups is 1. The van der Waals surface area contributed by atoms with Gasteiger partial charge in [0.15, 0.2) is 0 Å². The topological polar surface area (TPSA) is 71.1 Å². The lowest BCUT2D eigenvalue weighted by Gasteiger charge is -2.12. The number of amides is 2. The van der Waals surface area contributed by atoms with Gasteiger partial charge in [-0.15, -0.1) is 11.8 Å². The Morgan fingerprint density at radius 2 is 1.96 bits per heavy atom. The van der Waals surface area contributed by atoms with E-state index < -0.39 is 0 Å². The molecule has 2 amide bonds. The van der Waals surface area contributed by atoms with Crippen LogP contribution in [0.4, 0.5) is 0 Å². The maximum Gasteiger partial charge on any atom is 0.251 e. The van der Waals surface area contributed by atoms with Gasteiger partial charge in [0, 0.05) is 35.4 Å². The summed E-state index contributed by atoms with van der Waals surface area (Å²) >= 11 is 1.46. The van der Waals surface area contributed by atoms with Gasteiger partial charge in [-0.25, -0.2) is 0 Å². The first-order chi connectivity index (χ1) is 12.1. The minimum atomic E-state index is -0.0873. The van der Waals surface area contributed by atoms with Gasteiger partial charge < -0.3 is 10.6 Å². The molecule has 1 unspecified atom stereocenters. The van der Waals surface area contributed by atoms with Gasteiger partial charge in [-0.05, 0) is 43.2 Å². The molecule has 2 N–H and O–H groups in total. The zero-order valence-corrected chi connectivity index (χ0v) is 15.3. The molecule has 0 aliphatic heterocycles. The predicted molar refractivity (Wildman–Crippen MR) is 100 cm³/mol. The summed E-state index contributed by atoms with van der Waals surface area (Å²) in [5, 5.41) is 5.82. The number of nitrogens with zero attached hydrogens (tertiary/aromatic N) is 1. The highest BCUT2D eigenvalue weighted by atomic mass is 32.2. The second-order valence-electron chi connectivity index (χ2n) is 5.73. The second-order valence-corrected chi connectivity index (χ2v) is 6.78. The number of hydrogen-bond acceptors (Lipinski definition) is 4. The molecule has 132 valence electrons. The third-order valence-corrected chi connectivity index (χ3v) is 4.70.